The molecule has 4 heteroatoms. The van der Waals surface area contributed by atoms with Crippen LogP contribution in [-0.4, -0.2) is 9.13 Å². The van der Waals surface area contributed by atoms with Gasteiger partial charge in [0.05, 0.1) is 27.2 Å². The Morgan fingerprint density at radius 2 is 2.07 bits per heavy atom. The van der Waals surface area contributed by atoms with Crippen molar-refractivity contribution in [3.8, 4) is 0 Å². The number of hydrogen-bond donors (Lipinski definition) is 0. The highest BCUT2D eigenvalue weighted by Gasteiger charge is 1.96. The maximum absolute atomic E-state index is 3.18. The summed E-state index contributed by atoms with van der Waals surface area (Å²) in [4.78, 5) is 0. The second kappa shape index (κ2) is 4.29. The highest BCUT2D eigenvalue weighted by Crippen LogP contribution is 1.89. The number of nitrogens with zero attached hydrogens (tertiary/aromatic N) is 4. The molecule has 0 amide bonds. The van der Waals surface area contributed by atoms with Crippen molar-refractivity contribution in [2.45, 2.75) is 19.5 Å². The van der Waals surface area contributed by atoms with Crippen molar-refractivity contribution in [1.82, 2.24) is 9.13 Å². The van der Waals surface area contributed by atoms with E-state index in [0.29, 0.717) is 0 Å². The molecular weight excluding hydrogens is 188 g/mol. The Bertz CT molecular complexity index is 387. The summed E-state index contributed by atoms with van der Waals surface area (Å²) in [5.41, 5.74) is 0. The van der Waals surface area contributed by atoms with Crippen molar-refractivity contribution >= 4 is 0 Å². The van der Waals surface area contributed by atoms with Crippen molar-refractivity contribution in [3.63, 3.8) is 0 Å². The van der Waals surface area contributed by atoms with Crippen LogP contribution in [0.4, 0.5) is 0 Å². The van der Waals surface area contributed by atoms with Crippen molar-refractivity contribution in [1.29, 1.82) is 0 Å². The maximum atomic E-state index is 3.18. The number of aryl methyl sites for hydroxylation is 4. The lowest BCUT2D eigenvalue weighted by molar-refractivity contribution is -0.701. The molecule has 0 aliphatic heterocycles. The van der Waals surface area contributed by atoms with E-state index in [9.17, 15) is 0 Å². The van der Waals surface area contributed by atoms with Crippen molar-refractivity contribution in [2.75, 3.05) is 0 Å². The number of hydrogen-bond acceptors (Lipinski definition) is 0. The highest BCUT2D eigenvalue weighted by atomic mass is 15.1. The molecule has 0 aliphatic carbocycles. The molecule has 0 N–H and O–H groups in total. The standard InChI is InChI=1S/C11H16N4/c1-12-6-8-14(10-12)4-3-5-15-9-7-13(2)11-15/h6-9H,3-5H2,1-2H3. The largest absolute Gasteiger partial charge is 0.354 e. The van der Waals surface area contributed by atoms with Crippen molar-refractivity contribution in [2.24, 2.45) is 14.1 Å². The van der Waals surface area contributed by atoms with Gasteiger partial charge in [0.1, 0.15) is 0 Å². The molecule has 0 aromatic carbocycles. The average Bonchev–Trinajstić information content (AvgIpc) is 2.76. The van der Waals surface area contributed by atoms with Gasteiger partial charge in [0.2, 0.25) is 12.7 Å². The maximum Gasteiger partial charge on any atom is 0.203 e. The summed E-state index contributed by atoms with van der Waals surface area (Å²) < 4.78 is 8.01. The lowest BCUT2D eigenvalue weighted by Gasteiger charge is -2.01. The second-order valence-corrected chi connectivity index (χ2v) is 3.76. The fourth-order valence-corrected chi connectivity index (χ4v) is 1.56. The molecule has 0 saturated heterocycles. The molecule has 80 valence electrons. The summed E-state index contributed by atoms with van der Waals surface area (Å²) in [6, 6.07) is 0. The predicted octanol–water partition coefficient (Wildman–Crippen LogP) is -0.371. The zero-order valence-electron chi connectivity index (χ0n) is 9.22. The Labute approximate surface area is 90.0 Å². The quantitative estimate of drug-likeness (QED) is 0.478. The van der Waals surface area contributed by atoms with Gasteiger partial charge in [-0.1, -0.05) is 0 Å². The summed E-state index contributed by atoms with van der Waals surface area (Å²) in [5.74, 6) is 0. The van der Waals surface area contributed by atoms with Gasteiger partial charge in [0.25, 0.3) is 0 Å². The van der Waals surface area contributed by atoms with Crippen LogP contribution in [0.25, 0.3) is 0 Å². The average molecular weight is 204 g/mol. The summed E-state index contributed by atoms with van der Waals surface area (Å²) in [7, 11) is 3.96. The zero-order chi connectivity index (χ0) is 10.7. The lowest BCUT2D eigenvalue weighted by atomic mass is 10.4. The molecule has 0 radical (unpaired) electrons. The van der Waals surface area contributed by atoms with E-state index in [1.807, 2.05) is 48.0 Å². The summed E-state index contributed by atoms with van der Waals surface area (Å²) in [5, 5.41) is 0. The fraction of sp³-hybridized carbons (Fsp3) is 0.455. The molecule has 0 atom stereocenters. The smallest absolute Gasteiger partial charge is 0.203 e. The number of rotatable bonds is 4. The Balaban J connectivity index is 1.80. The van der Waals surface area contributed by atoms with E-state index in [0.717, 1.165) is 19.5 Å². The lowest BCUT2D eigenvalue weighted by Crippen LogP contribution is -2.32. The highest BCUT2D eigenvalue weighted by molar-refractivity contribution is 4.64. The predicted molar refractivity (Wildman–Crippen MR) is 53.5 cm³/mol. The van der Waals surface area contributed by atoms with Gasteiger partial charge < -0.3 is 18.3 Å². The molecule has 0 unspecified atom stereocenters. The molecule has 0 saturated carbocycles. The monoisotopic (exact) mass is 204 g/mol. The minimum Gasteiger partial charge on any atom is -0.354 e. The molecule has 0 spiro atoms. The Kier molecular flexibility index (Phi) is 2.85. The minimum atomic E-state index is 0.997. The number of imidazole rings is 2. The SMILES string of the molecule is Cn1[c-][n+](CCCn2[c-][n+](C)cc2)cc1. The summed E-state index contributed by atoms with van der Waals surface area (Å²) in [6.07, 6.45) is 15.5. The van der Waals surface area contributed by atoms with Gasteiger partial charge in [-0.15, -0.1) is 0 Å². The van der Waals surface area contributed by atoms with E-state index in [-0.39, 0.29) is 0 Å². The first-order chi connectivity index (χ1) is 7.24. The Morgan fingerprint density at radius 1 is 1.20 bits per heavy atom. The van der Waals surface area contributed by atoms with Crippen LogP contribution >= 0.6 is 0 Å². The normalized spacial score (nSPS) is 10.8. The summed E-state index contributed by atoms with van der Waals surface area (Å²) >= 11 is 0. The topological polar surface area (TPSA) is 17.6 Å². The molecule has 0 aliphatic rings. The van der Waals surface area contributed by atoms with Gasteiger partial charge in [-0.25, -0.2) is 0 Å². The van der Waals surface area contributed by atoms with Crippen molar-refractivity contribution < 1.29 is 9.13 Å². The molecule has 2 heterocycles. The van der Waals surface area contributed by atoms with E-state index < -0.39 is 0 Å². The zero-order valence-corrected chi connectivity index (χ0v) is 9.22. The van der Waals surface area contributed by atoms with Crippen LogP contribution in [0, 0.1) is 12.7 Å². The molecule has 0 bridgehead atoms. The Morgan fingerprint density at radius 3 is 2.67 bits per heavy atom. The van der Waals surface area contributed by atoms with Gasteiger partial charge >= 0.3 is 0 Å². The first-order valence-electron chi connectivity index (χ1n) is 5.12. The first-order valence-corrected chi connectivity index (χ1v) is 5.12. The number of aromatic nitrogens is 4. The minimum absolute atomic E-state index is 0.997. The van der Waals surface area contributed by atoms with Gasteiger partial charge in [0.15, 0.2) is 0 Å². The van der Waals surface area contributed by atoms with Crippen LogP contribution in [0.3, 0.4) is 0 Å². The van der Waals surface area contributed by atoms with Gasteiger partial charge in [0, 0.05) is 6.42 Å². The van der Waals surface area contributed by atoms with E-state index in [1.54, 1.807) is 0 Å². The van der Waals surface area contributed by atoms with Crippen LogP contribution in [0.5, 0.6) is 0 Å². The third-order valence-electron chi connectivity index (χ3n) is 2.31. The second-order valence-electron chi connectivity index (χ2n) is 3.76. The third-order valence-corrected chi connectivity index (χ3v) is 2.31. The summed E-state index contributed by atoms with van der Waals surface area (Å²) in [6.45, 7) is 1.99. The molecule has 2 aromatic heterocycles. The molecule has 4 nitrogen and oxygen atoms in total. The molecule has 2 aromatic rings. The van der Waals surface area contributed by atoms with E-state index >= 15 is 0 Å². The van der Waals surface area contributed by atoms with Crippen LogP contribution < -0.4 is 9.13 Å². The third kappa shape index (κ3) is 2.68. The van der Waals surface area contributed by atoms with Gasteiger partial charge in [-0.2, -0.15) is 0 Å². The molecular formula is C11H16N4. The van der Waals surface area contributed by atoms with Crippen molar-refractivity contribution in [3.05, 3.63) is 37.4 Å². The molecule has 2 rings (SSSR count). The molecule has 15 heavy (non-hydrogen) atoms. The fourth-order valence-electron chi connectivity index (χ4n) is 1.56. The van der Waals surface area contributed by atoms with E-state index in [1.165, 1.54) is 0 Å². The Hall–Kier alpha value is -1.58. The van der Waals surface area contributed by atoms with Crippen LogP contribution in [-0.2, 0) is 27.2 Å². The van der Waals surface area contributed by atoms with Gasteiger partial charge in [-0.05, 0) is 24.8 Å². The van der Waals surface area contributed by atoms with E-state index in [2.05, 4.69) is 21.8 Å². The molecule has 0 fully saturated rings. The van der Waals surface area contributed by atoms with E-state index in [4.69, 9.17) is 0 Å². The van der Waals surface area contributed by atoms with Crippen LogP contribution in [0.1, 0.15) is 6.42 Å². The first kappa shape index (κ1) is 9.96. The van der Waals surface area contributed by atoms with Crippen LogP contribution in [0.15, 0.2) is 24.8 Å². The van der Waals surface area contributed by atoms with Gasteiger partial charge in [-0.3, -0.25) is 0 Å². The van der Waals surface area contributed by atoms with Crippen LogP contribution in [0.2, 0.25) is 0 Å².